The third kappa shape index (κ3) is 51.3. The number of carbonyl (C=O) groups is 2. The predicted molar refractivity (Wildman–Crippen MR) is 283 cm³/mol. The van der Waals surface area contributed by atoms with Crippen LogP contribution in [0.1, 0.15) is 303 Å². The number of aliphatic hydroxyl groups excluding tert-OH is 2. The lowest BCUT2D eigenvalue weighted by Gasteiger charge is -2.20. The average molecular weight is 915 g/mol. The van der Waals surface area contributed by atoms with Gasteiger partial charge in [-0.2, -0.15) is 0 Å². The number of rotatable bonds is 53. The lowest BCUT2D eigenvalue weighted by Crippen LogP contribution is -2.45. The Morgan fingerprint density at radius 3 is 1.11 bits per heavy atom. The Morgan fingerprint density at radius 1 is 0.415 bits per heavy atom. The van der Waals surface area contributed by atoms with Crippen molar-refractivity contribution < 1.29 is 24.5 Å². The molecule has 6 nitrogen and oxygen atoms in total. The molecule has 0 radical (unpaired) electrons. The summed E-state index contributed by atoms with van der Waals surface area (Å²) in [6.45, 7) is 4.88. The monoisotopic (exact) mass is 914 g/mol. The van der Waals surface area contributed by atoms with Gasteiger partial charge in [0.25, 0.3) is 0 Å². The van der Waals surface area contributed by atoms with Crippen LogP contribution < -0.4 is 5.32 Å². The normalized spacial score (nSPS) is 12.9. The van der Waals surface area contributed by atoms with Crippen LogP contribution >= 0.6 is 0 Å². The van der Waals surface area contributed by atoms with Gasteiger partial charge in [0.1, 0.15) is 0 Å². The van der Waals surface area contributed by atoms with Crippen LogP contribution in [0.5, 0.6) is 0 Å². The Kier molecular flexibility index (Phi) is 53.1. The van der Waals surface area contributed by atoms with Crippen molar-refractivity contribution in [1.29, 1.82) is 0 Å². The van der Waals surface area contributed by atoms with Crippen molar-refractivity contribution in [2.75, 3.05) is 13.2 Å². The van der Waals surface area contributed by atoms with E-state index in [1.165, 1.54) is 225 Å². The zero-order valence-electron chi connectivity index (χ0n) is 43.5. The number of esters is 1. The number of ether oxygens (including phenoxy) is 1. The topological polar surface area (TPSA) is 95.9 Å². The number of hydrogen-bond donors (Lipinski definition) is 3. The molecule has 0 aromatic rings. The largest absolute Gasteiger partial charge is 0.466 e. The van der Waals surface area contributed by atoms with Gasteiger partial charge >= 0.3 is 5.97 Å². The molecule has 0 rings (SSSR count). The molecule has 2 atom stereocenters. The van der Waals surface area contributed by atoms with Crippen molar-refractivity contribution >= 4 is 11.9 Å². The van der Waals surface area contributed by atoms with Crippen LogP contribution in [0.3, 0.4) is 0 Å². The van der Waals surface area contributed by atoms with Crippen molar-refractivity contribution in [3.8, 4) is 0 Å². The highest BCUT2D eigenvalue weighted by atomic mass is 16.5. The van der Waals surface area contributed by atoms with Crippen LogP contribution in [-0.4, -0.2) is 47.4 Å². The number of nitrogens with one attached hydrogen (secondary N) is 1. The smallest absolute Gasteiger partial charge is 0.305 e. The zero-order valence-corrected chi connectivity index (χ0v) is 43.5. The molecule has 1 amide bonds. The number of unbranched alkanes of at least 4 members (excludes halogenated alkanes) is 38. The molecule has 65 heavy (non-hydrogen) atoms. The SMILES string of the molecule is CCCCCC/C=C\CCCCCCCC(=O)OCCCCCCCCCCCC/C=C\CCCCCCCCCC(=O)NC(CO)C(O)/C=C/CCCCCCCCCCCCCC. The fourth-order valence-corrected chi connectivity index (χ4v) is 8.68. The first-order chi connectivity index (χ1) is 32.0. The summed E-state index contributed by atoms with van der Waals surface area (Å²) in [5.41, 5.74) is 0. The molecule has 0 aliphatic rings. The minimum Gasteiger partial charge on any atom is -0.466 e. The van der Waals surface area contributed by atoms with Crippen molar-refractivity contribution in [2.24, 2.45) is 0 Å². The quantitative estimate of drug-likeness (QED) is 0.0321. The second-order valence-corrected chi connectivity index (χ2v) is 19.6. The summed E-state index contributed by atoms with van der Waals surface area (Å²) in [6.07, 6.45) is 67.3. The Balaban J connectivity index is 3.45. The van der Waals surface area contributed by atoms with E-state index in [9.17, 15) is 19.8 Å². The van der Waals surface area contributed by atoms with E-state index in [1.54, 1.807) is 6.08 Å². The fraction of sp³-hybridized carbons (Fsp3) is 0.864. The molecule has 0 aromatic carbocycles. The highest BCUT2D eigenvalue weighted by Gasteiger charge is 2.18. The van der Waals surface area contributed by atoms with E-state index in [0.717, 1.165) is 51.4 Å². The lowest BCUT2D eigenvalue weighted by atomic mass is 10.0. The highest BCUT2D eigenvalue weighted by molar-refractivity contribution is 5.76. The van der Waals surface area contributed by atoms with E-state index < -0.39 is 12.1 Å². The first-order valence-corrected chi connectivity index (χ1v) is 28.8. The molecule has 0 bridgehead atoms. The van der Waals surface area contributed by atoms with E-state index >= 15 is 0 Å². The molecule has 0 saturated carbocycles. The summed E-state index contributed by atoms with van der Waals surface area (Å²) in [5.74, 6) is -0.0778. The number of allylic oxidation sites excluding steroid dienone is 5. The van der Waals surface area contributed by atoms with Crippen LogP contribution in [0.2, 0.25) is 0 Å². The second kappa shape index (κ2) is 54.7. The van der Waals surface area contributed by atoms with Crippen molar-refractivity contribution in [3.05, 3.63) is 36.5 Å². The predicted octanol–water partition coefficient (Wildman–Crippen LogP) is 17.6. The standard InChI is InChI=1S/C59H111NO5/c1-3-5-7-9-11-13-15-17-28-31-35-39-43-47-51-57(62)56(55-61)60-58(63)52-48-44-40-36-32-29-25-23-21-19-18-20-22-24-26-30-34-38-42-46-50-54-65-59(64)53-49-45-41-37-33-27-16-14-12-10-8-6-4-2/h14,16,19,21,47,51,56-57,61-62H,3-13,15,17-18,20,22-46,48-50,52-55H2,1-2H3,(H,60,63)/b16-14-,21-19-,51-47+. The third-order valence-electron chi connectivity index (χ3n) is 13.1. The first-order valence-electron chi connectivity index (χ1n) is 28.8. The molecule has 382 valence electrons. The number of carbonyl (C=O) groups excluding carboxylic acids is 2. The molecular formula is C59H111NO5. The number of hydrogen-bond acceptors (Lipinski definition) is 5. The molecule has 2 unspecified atom stereocenters. The molecule has 0 spiro atoms. The number of amides is 1. The third-order valence-corrected chi connectivity index (χ3v) is 13.1. The van der Waals surface area contributed by atoms with Gasteiger partial charge in [-0.3, -0.25) is 9.59 Å². The van der Waals surface area contributed by atoms with E-state index in [0.29, 0.717) is 19.4 Å². The van der Waals surface area contributed by atoms with Crippen molar-refractivity contribution in [2.45, 2.75) is 315 Å². The minimum atomic E-state index is -0.849. The Labute approximate surface area is 404 Å². The van der Waals surface area contributed by atoms with E-state index in [-0.39, 0.29) is 18.5 Å². The summed E-state index contributed by atoms with van der Waals surface area (Å²) >= 11 is 0. The van der Waals surface area contributed by atoms with Crippen LogP contribution in [0.25, 0.3) is 0 Å². The van der Waals surface area contributed by atoms with Gasteiger partial charge in [-0.05, 0) is 83.5 Å². The Morgan fingerprint density at radius 2 is 0.723 bits per heavy atom. The molecule has 0 saturated heterocycles. The summed E-state index contributed by atoms with van der Waals surface area (Å²) in [4.78, 5) is 24.5. The van der Waals surface area contributed by atoms with E-state index in [2.05, 4.69) is 43.5 Å². The first kappa shape index (κ1) is 63.1. The molecule has 3 N–H and O–H groups in total. The Bertz CT molecular complexity index is 1060. The Hall–Kier alpha value is -1.92. The van der Waals surface area contributed by atoms with Gasteiger partial charge in [0, 0.05) is 12.8 Å². The van der Waals surface area contributed by atoms with Crippen molar-refractivity contribution in [1.82, 2.24) is 5.32 Å². The van der Waals surface area contributed by atoms with Gasteiger partial charge in [-0.15, -0.1) is 0 Å². The van der Waals surface area contributed by atoms with Gasteiger partial charge in [-0.1, -0.05) is 243 Å². The van der Waals surface area contributed by atoms with Gasteiger partial charge in [-0.25, -0.2) is 0 Å². The van der Waals surface area contributed by atoms with Crippen LogP contribution in [0.4, 0.5) is 0 Å². The fourth-order valence-electron chi connectivity index (χ4n) is 8.68. The molecular weight excluding hydrogens is 803 g/mol. The van der Waals surface area contributed by atoms with E-state index in [1.807, 2.05) is 6.08 Å². The molecule has 0 aliphatic carbocycles. The second-order valence-electron chi connectivity index (χ2n) is 19.6. The maximum absolute atomic E-state index is 12.4. The molecule has 6 heteroatoms. The zero-order chi connectivity index (χ0) is 47.2. The number of aliphatic hydroxyl groups is 2. The summed E-state index contributed by atoms with van der Waals surface area (Å²) in [7, 11) is 0. The van der Waals surface area contributed by atoms with Gasteiger partial charge in [0.05, 0.1) is 25.4 Å². The minimum absolute atomic E-state index is 0.00203. The van der Waals surface area contributed by atoms with Crippen LogP contribution in [-0.2, 0) is 14.3 Å². The highest BCUT2D eigenvalue weighted by Crippen LogP contribution is 2.16. The van der Waals surface area contributed by atoms with Gasteiger partial charge in [0.15, 0.2) is 0 Å². The molecule has 0 aliphatic heterocycles. The molecule has 0 aromatic heterocycles. The van der Waals surface area contributed by atoms with Crippen LogP contribution in [0, 0.1) is 0 Å². The molecule has 0 heterocycles. The van der Waals surface area contributed by atoms with Gasteiger partial charge in [0.2, 0.25) is 5.91 Å². The maximum atomic E-state index is 12.4. The average Bonchev–Trinajstić information content (AvgIpc) is 3.31. The van der Waals surface area contributed by atoms with Crippen molar-refractivity contribution in [3.63, 3.8) is 0 Å². The van der Waals surface area contributed by atoms with E-state index in [4.69, 9.17) is 4.74 Å². The lowest BCUT2D eigenvalue weighted by molar-refractivity contribution is -0.143. The maximum Gasteiger partial charge on any atom is 0.305 e. The summed E-state index contributed by atoms with van der Waals surface area (Å²) < 4.78 is 5.46. The molecule has 0 fully saturated rings. The van der Waals surface area contributed by atoms with Crippen LogP contribution in [0.15, 0.2) is 36.5 Å². The summed E-state index contributed by atoms with van der Waals surface area (Å²) in [6, 6.07) is -0.633. The summed E-state index contributed by atoms with van der Waals surface area (Å²) in [5, 5.41) is 23.1. The van der Waals surface area contributed by atoms with Gasteiger partial charge < -0.3 is 20.3 Å².